The van der Waals surface area contributed by atoms with Crippen molar-refractivity contribution < 1.29 is 0 Å². The lowest BCUT2D eigenvalue weighted by atomic mass is 9.97. The van der Waals surface area contributed by atoms with Gasteiger partial charge in [0.05, 0.1) is 11.7 Å². The Hall–Kier alpha value is -1.02. The average Bonchev–Trinajstić information content (AvgIpc) is 2.85. The van der Waals surface area contributed by atoms with E-state index in [2.05, 4.69) is 24.0 Å². The summed E-state index contributed by atoms with van der Waals surface area (Å²) >= 11 is 6.33. The molecule has 3 heteroatoms. The summed E-state index contributed by atoms with van der Waals surface area (Å²) in [5, 5.41) is 9.17. The minimum Gasteiger partial charge on any atom is -0.278 e. The van der Waals surface area contributed by atoms with Gasteiger partial charge in [0.1, 0.15) is 0 Å². The normalized spacial score (nSPS) is 10.3. The summed E-state index contributed by atoms with van der Waals surface area (Å²) in [5.41, 5.74) is 3.70. The number of aryl methyl sites for hydroxylation is 1. The minimum absolute atomic E-state index is 0.877. The Morgan fingerprint density at radius 2 is 1.94 bits per heavy atom. The number of rotatable bonds is 4. The number of nitrogens with one attached hydrogen (secondary N) is 1. The van der Waals surface area contributed by atoms with E-state index in [1.165, 1.54) is 29.4 Å². The molecule has 0 radical (unpaired) electrons. The molecule has 2 nitrogen and oxygen atoms in total. The molecule has 1 N–H and O–H groups in total. The fourth-order valence-corrected chi connectivity index (χ4v) is 2.51. The van der Waals surface area contributed by atoms with E-state index in [4.69, 9.17) is 11.6 Å². The summed E-state index contributed by atoms with van der Waals surface area (Å²) in [7, 11) is 0. The van der Waals surface area contributed by atoms with Gasteiger partial charge in [0.25, 0.3) is 0 Å². The van der Waals surface area contributed by atoms with Crippen LogP contribution >= 0.6 is 11.6 Å². The van der Waals surface area contributed by atoms with Crippen molar-refractivity contribution in [2.45, 2.75) is 53.4 Å². The van der Waals surface area contributed by atoms with Crippen LogP contribution in [0.4, 0.5) is 0 Å². The lowest BCUT2D eigenvalue weighted by Crippen LogP contribution is -1.95. The number of hydrogen-bond donors (Lipinski definition) is 1. The Bertz CT molecular complexity index is 488. The van der Waals surface area contributed by atoms with Crippen molar-refractivity contribution >= 4 is 22.5 Å². The highest BCUT2D eigenvalue weighted by Crippen LogP contribution is 2.29. The molecule has 2 rings (SSSR count). The summed E-state index contributed by atoms with van der Waals surface area (Å²) in [6.07, 6.45) is 6.37. The van der Waals surface area contributed by atoms with Gasteiger partial charge in [-0.3, -0.25) is 5.10 Å². The molecule has 0 atom stereocenters. The van der Waals surface area contributed by atoms with Gasteiger partial charge in [-0.05, 0) is 36.5 Å². The standard InChI is InChI=1S/C13H17ClN2.C2H6/c1-3-5-6-10-9(4-2)11-8-15-16-13(11)7-12(10)14;1-2/h7-8H,3-6H2,1-2H3,(H,15,16);1-2H3. The molecule has 0 amide bonds. The quantitative estimate of drug-likeness (QED) is 0.815. The molecule has 0 spiro atoms. The Morgan fingerprint density at radius 3 is 2.56 bits per heavy atom. The number of halogens is 1. The van der Waals surface area contributed by atoms with Crippen LogP contribution in [0, 0.1) is 0 Å². The number of nitrogens with zero attached hydrogens (tertiary/aromatic N) is 1. The molecule has 0 aliphatic carbocycles. The van der Waals surface area contributed by atoms with E-state index in [0.29, 0.717) is 0 Å². The smallest absolute Gasteiger partial charge is 0.0668 e. The van der Waals surface area contributed by atoms with Crippen LogP contribution in [-0.4, -0.2) is 10.2 Å². The van der Waals surface area contributed by atoms with E-state index >= 15 is 0 Å². The summed E-state index contributed by atoms with van der Waals surface area (Å²) in [4.78, 5) is 0. The van der Waals surface area contributed by atoms with Gasteiger partial charge in [0.2, 0.25) is 0 Å². The van der Waals surface area contributed by atoms with Crippen molar-refractivity contribution in [2.24, 2.45) is 0 Å². The molecule has 100 valence electrons. The van der Waals surface area contributed by atoms with Crippen molar-refractivity contribution in [3.05, 3.63) is 28.4 Å². The van der Waals surface area contributed by atoms with Crippen molar-refractivity contribution in [3.8, 4) is 0 Å². The second-order valence-corrected chi connectivity index (χ2v) is 4.51. The van der Waals surface area contributed by atoms with Gasteiger partial charge < -0.3 is 0 Å². The first-order chi connectivity index (χ1) is 8.77. The number of aromatic nitrogens is 2. The van der Waals surface area contributed by atoms with Crippen molar-refractivity contribution in [1.29, 1.82) is 0 Å². The fraction of sp³-hybridized carbons (Fsp3) is 0.533. The first-order valence-corrected chi connectivity index (χ1v) is 7.29. The second kappa shape index (κ2) is 7.42. The molecule has 0 saturated carbocycles. The third-order valence-corrected chi connectivity index (χ3v) is 3.39. The van der Waals surface area contributed by atoms with E-state index < -0.39 is 0 Å². The molecule has 18 heavy (non-hydrogen) atoms. The van der Waals surface area contributed by atoms with Gasteiger partial charge in [-0.1, -0.05) is 45.7 Å². The summed E-state index contributed by atoms with van der Waals surface area (Å²) < 4.78 is 0. The molecule has 0 bridgehead atoms. The summed E-state index contributed by atoms with van der Waals surface area (Å²) in [6.45, 7) is 8.38. The molecular weight excluding hydrogens is 244 g/mol. The number of unbranched alkanes of at least 4 members (excludes halogenated alkanes) is 1. The topological polar surface area (TPSA) is 28.7 Å². The highest BCUT2D eigenvalue weighted by molar-refractivity contribution is 6.32. The van der Waals surface area contributed by atoms with Crippen LogP contribution in [0.1, 0.15) is 51.7 Å². The maximum absolute atomic E-state index is 6.33. The van der Waals surface area contributed by atoms with Gasteiger partial charge >= 0.3 is 0 Å². The first-order valence-electron chi connectivity index (χ1n) is 6.91. The second-order valence-electron chi connectivity index (χ2n) is 4.10. The Labute approximate surface area is 115 Å². The van der Waals surface area contributed by atoms with E-state index in [1.807, 2.05) is 26.1 Å². The molecule has 0 unspecified atom stereocenters. The lowest BCUT2D eigenvalue weighted by molar-refractivity contribution is 0.789. The maximum Gasteiger partial charge on any atom is 0.0668 e. The Balaban J connectivity index is 0.000000771. The van der Waals surface area contributed by atoms with Crippen molar-refractivity contribution in [2.75, 3.05) is 0 Å². The van der Waals surface area contributed by atoms with Crippen LogP contribution < -0.4 is 0 Å². The zero-order valence-corrected chi connectivity index (χ0v) is 12.6. The van der Waals surface area contributed by atoms with Gasteiger partial charge in [0, 0.05) is 10.4 Å². The highest BCUT2D eigenvalue weighted by atomic mass is 35.5. The van der Waals surface area contributed by atoms with Crippen LogP contribution in [0.3, 0.4) is 0 Å². The van der Waals surface area contributed by atoms with Gasteiger partial charge in [-0.25, -0.2) is 0 Å². The number of fused-ring (bicyclic) bond motifs is 1. The average molecular weight is 267 g/mol. The molecule has 1 aromatic heterocycles. The number of H-pyrrole nitrogens is 1. The number of benzene rings is 1. The molecule has 0 fully saturated rings. The van der Waals surface area contributed by atoms with E-state index in [9.17, 15) is 0 Å². The zero-order valence-electron chi connectivity index (χ0n) is 11.8. The van der Waals surface area contributed by atoms with E-state index in [-0.39, 0.29) is 0 Å². The SMILES string of the molecule is CC.CCCCc1c(Cl)cc2[nH]ncc2c1CC. The fourth-order valence-electron chi connectivity index (χ4n) is 2.19. The van der Waals surface area contributed by atoms with Crippen molar-refractivity contribution in [3.63, 3.8) is 0 Å². The molecule has 0 aliphatic heterocycles. The predicted molar refractivity (Wildman–Crippen MR) is 80.4 cm³/mol. The third kappa shape index (κ3) is 3.05. The summed E-state index contributed by atoms with van der Waals surface area (Å²) in [6, 6.07) is 1.99. The largest absolute Gasteiger partial charge is 0.278 e. The molecule has 0 saturated heterocycles. The van der Waals surface area contributed by atoms with Crippen LogP contribution in [0.15, 0.2) is 12.3 Å². The Kier molecular flexibility index (Phi) is 6.20. The van der Waals surface area contributed by atoms with Crippen LogP contribution in [0.5, 0.6) is 0 Å². The summed E-state index contributed by atoms with van der Waals surface area (Å²) in [5.74, 6) is 0. The van der Waals surface area contributed by atoms with Gasteiger partial charge in [-0.2, -0.15) is 5.10 Å². The molecule has 2 aromatic rings. The van der Waals surface area contributed by atoms with Crippen LogP contribution in [-0.2, 0) is 12.8 Å². The zero-order chi connectivity index (χ0) is 13.5. The van der Waals surface area contributed by atoms with Crippen LogP contribution in [0.25, 0.3) is 10.9 Å². The van der Waals surface area contributed by atoms with Gasteiger partial charge in [0.15, 0.2) is 0 Å². The third-order valence-electron chi connectivity index (χ3n) is 3.05. The minimum atomic E-state index is 0.877. The first kappa shape index (κ1) is 15.0. The van der Waals surface area contributed by atoms with Crippen LogP contribution in [0.2, 0.25) is 5.02 Å². The molecule has 1 aromatic carbocycles. The molecule has 1 heterocycles. The van der Waals surface area contributed by atoms with E-state index in [0.717, 1.165) is 23.4 Å². The lowest BCUT2D eigenvalue weighted by Gasteiger charge is -2.11. The van der Waals surface area contributed by atoms with Crippen molar-refractivity contribution in [1.82, 2.24) is 10.2 Å². The van der Waals surface area contributed by atoms with E-state index in [1.54, 1.807) is 0 Å². The Morgan fingerprint density at radius 1 is 1.22 bits per heavy atom. The molecule has 0 aliphatic rings. The maximum atomic E-state index is 6.33. The number of aromatic amines is 1. The highest BCUT2D eigenvalue weighted by Gasteiger charge is 2.11. The monoisotopic (exact) mass is 266 g/mol. The predicted octanol–water partition coefficient (Wildman–Crippen LogP) is 5.15. The number of hydrogen-bond acceptors (Lipinski definition) is 1. The molecular formula is C15H23ClN2. The van der Waals surface area contributed by atoms with Gasteiger partial charge in [-0.15, -0.1) is 0 Å².